The molecule has 4 heteroatoms. The van der Waals surface area contributed by atoms with Crippen molar-refractivity contribution in [2.45, 2.75) is 33.7 Å². The van der Waals surface area contributed by atoms with E-state index in [2.05, 4.69) is 5.32 Å². The maximum atomic E-state index is 12.3. The first-order valence-corrected chi connectivity index (χ1v) is 6.85. The Morgan fingerprint density at radius 1 is 1.25 bits per heavy atom. The Morgan fingerprint density at radius 2 is 1.85 bits per heavy atom. The van der Waals surface area contributed by atoms with Gasteiger partial charge in [0, 0.05) is 0 Å². The zero-order valence-electron chi connectivity index (χ0n) is 12.3. The molecule has 0 heterocycles. The smallest absolute Gasteiger partial charge is 0.307 e. The van der Waals surface area contributed by atoms with E-state index < -0.39 is 23.2 Å². The van der Waals surface area contributed by atoms with Gasteiger partial charge >= 0.3 is 5.97 Å². The Balaban J connectivity index is 2.07. The van der Waals surface area contributed by atoms with Crippen LogP contribution in [0.2, 0.25) is 0 Å². The first kappa shape index (κ1) is 14.6. The second-order valence-electron chi connectivity index (χ2n) is 6.20. The number of hydrogen-bond donors (Lipinski definition) is 2. The van der Waals surface area contributed by atoms with Crippen LogP contribution in [-0.4, -0.2) is 17.0 Å². The molecule has 1 aliphatic rings. The lowest BCUT2D eigenvalue weighted by Crippen LogP contribution is -2.30. The Labute approximate surface area is 119 Å². The highest BCUT2D eigenvalue weighted by atomic mass is 16.4. The summed E-state index contributed by atoms with van der Waals surface area (Å²) in [6.45, 7) is 7.58. The normalized spacial score (nSPS) is 24.8. The molecule has 0 spiro atoms. The number of benzene rings is 1. The summed E-state index contributed by atoms with van der Waals surface area (Å²) in [5.74, 6) is -2.07. The average Bonchev–Trinajstić information content (AvgIpc) is 2.93. The topological polar surface area (TPSA) is 66.4 Å². The van der Waals surface area contributed by atoms with Gasteiger partial charge < -0.3 is 10.4 Å². The van der Waals surface area contributed by atoms with Gasteiger partial charge in [-0.2, -0.15) is 0 Å². The molecule has 20 heavy (non-hydrogen) atoms. The quantitative estimate of drug-likeness (QED) is 0.887. The predicted octanol–water partition coefficient (Wildman–Crippen LogP) is 2.53. The van der Waals surface area contributed by atoms with Crippen molar-refractivity contribution in [3.8, 4) is 0 Å². The van der Waals surface area contributed by atoms with E-state index in [4.69, 9.17) is 5.11 Å². The molecule has 0 unspecified atom stereocenters. The zero-order valence-corrected chi connectivity index (χ0v) is 12.3. The highest BCUT2D eigenvalue weighted by Gasteiger charge is 2.65. The van der Waals surface area contributed by atoms with Crippen molar-refractivity contribution >= 4 is 11.9 Å². The van der Waals surface area contributed by atoms with Crippen LogP contribution < -0.4 is 5.32 Å². The van der Waals surface area contributed by atoms with Crippen LogP contribution in [0.25, 0.3) is 0 Å². The van der Waals surface area contributed by atoms with Gasteiger partial charge in [-0.05, 0) is 30.4 Å². The molecular formula is C16H21NO3. The largest absolute Gasteiger partial charge is 0.481 e. The fraction of sp³-hybridized carbons (Fsp3) is 0.500. The van der Waals surface area contributed by atoms with Crippen LogP contribution in [0, 0.1) is 24.2 Å². The number of amides is 1. The number of aliphatic carboxylic acids is 1. The van der Waals surface area contributed by atoms with Crippen LogP contribution in [0.4, 0.5) is 0 Å². The summed E-state index contributed by atoms with van der Waals surface area (Å²) in [6, 6.07) is 7.75. The van der Waals surface area contributed by atoms with Crippen LogP contribution in [0.5, 0.6) is 0 Å². The molecule has 0 bridgehead atoms. The Kier molecular flexibility index (Phi) is 3.59. The number of hydrogen-bond acceptors (Lipinski definition) is 2. The minimum Gasteiger partial charge on any atom is -0.481 e. The third kappa shape index (κ3) is 2.42. The van der Waals surface area contributed by atoms with Crippen molar-refractivity contribution < 1.29 is 14.7 Å². The van der Waals surface area contributed by atoms with Gasteiger partial charge in [0.05, 0.1) is 17.9 Å². The second kappa shape index (κ2) is 4.93. The molecule has 1 aromatic rings. The SMILES string of the molecule is Cc1ccccc1[C@H](C)NC(=O)[C@H]1[C@@H](C(=O)O)C1(C)C. The fourth-order valence-corrected chi connectivity index (χ4v) is 3.04. The summed E-state index contributed by atoms with van der Waals surface area (Å²) < 4.78 is 0. The lowest BCUT2D eigenvalue weighted by molar-refractivity contribution is -0.140. The van der Waals surface area contributed by atoms with Crippen LogP contribution in [0.3, 0.4) is 0 Å². The molecule has 0 aliphatic heterocycles. The van der Waals surface area contributed by atoms with Gasteiger partial charge in [0.25, 0.3) is 0 Å². The standard InChI is InChI=1S/C16H21NO3/c1-9-7-5-6-8-11(9)10(2)17-14(18)12-13(15(19)20)16(12,3)4/h5-8,10,12-13H,1-4H3,(H,17,18)(H,19,20)/t10-,12+,13-/m0/s1. The predicted molar refractivity (Wildman–Crippen MR) is 76.1 cm³/mol. The Morgan fingerprint density at radius 3 is 2.35 bits per heavy atom. The Bertz CT molecular complexity index is 550. The molecule has 1 fully saturated rings. The minimum absolute atomic E-state index is 0.116. The first-order chi connectivity index (χ1) is 9.26. The maximum Gasteiger partial charge on any atom is 0.307 e. The van der Waals surface area contributed by atoms with Gasteiger partial charge in [0.15, 0.2) is 0 Å². The number of nitrogens with one attached hydrogen (secondary N) is 1. The van der Waals surface area contributed by atoms with Gasteiger partial charge in [0.1, 0.15) is 0 Å². The number of carbonyl (C=O) groups excluding carboxylic acids is 1. The second-order valence-corrected chi connectivity index (χ2v) is 6.20. The third-order valence-corrected chi connectivity index (χ3v) is 4.39. The number of carboxylic acids is 1. The van der Waals surface area contributed by atoms with E-state index in [0.29, 0.717) is 0 Å². The third-order valence-electron chi connectivity index (χ3n) is 4.39. The molecule has 0 aromatic heterocycles. The molecule has 108 valence electrons. The van der Waals surface area contributed by atoms with E-state index in [1.807, 2.05) is 52.0 Å². The summed E-state index contributed by atoms with van der Waals surface area (Å²) >= 11 is 0. The molecule has 0 radical (unpaired) electrons. The number of carbonyl (C=O) groups is 2. The summed E-state index contributed by atoms with van der Waals surface area (Å²) in [6.07, 6.45) is 0. The van der Waals surface area contributed by atoms with Crippen molar-refractivity contribution in [1.29, 1.82) is 0 Å². The van der Waals surface area contributed by atoms with Crippen LogP contribution in [-0.2, 0) is 9.59 Å². The number of rotatable bonds is 4. The zero-order chi connectivity index (χ0) is 15.1. The van der Waals surface area contributed by atoms with Gasteiger partial charge in [-0.3, -0.25) is 9.59 Å². The van der Waals surface area contributed by atoms with Crippen molar-refractivity contribution in [3.05, 3.63) is 35.4 Å². The first-order valence-electron chi connectivity index (χ1n) is 6.85. The summed E-state index contributed by atoms with van der Waals surface area (Å²) in [5.41, 5.74) is 1.72. The minimum atomic E-state index is -0.890. The van der Waals surface area contributed by atoms with Gasteiger partial charge in [0.2, 0.25) is 5.91 Å². The van der Waals surface area contributed by atoms with E-state index in [9.17, 15) is 9.59 Å². The highest BCUT2D eigenvalue weighted by molar-refractivity contribution is 5.91. The van der Waals surface area contributed by atoms with E-state index in [0.717, 1.165) is 11.1 Å². The molecule has 1 aliphatic carbocycles. The lowest BCUT2D eigenvalue weighted by atomic mass is 10.0. The molecule has 1 aromatic carbocycles. The van der Waals surface area contributed by atoms with Crippen LogP contribution in [0.15, 0.2) is 24.3 Å². The highest BCUT2D eigenvalue weighted by Crippen LogP contribution is 2.58. The molecule has 4 nitrogen and oxygen atoms in total. The van der Waals surface area contributed by atoms with Gasteiger partial charge in [-0.1, -0.05) is 38.1 Å². The summed E-state index contributed by atoms with van der Waals surface area (Å²) in [7, 11) is 0. The number of carboxylic acid groups (broad SMARTS) is 1. The van der Waals surface area contributed by atoms with Gasteiger partial charge in [-0.15, -0.1) is 0 Å². The molecule has 3 atom stereocenters. The molecule has 2 N–H and O–H groups in total. The van der Waals surface area contributed by atoms with Crippen molar-refractivity contribution in [3.63, 3.8) is 0 Å². The average molecular weight is 275 g/mol. The van der Waals surface area contributed by atoms with Crippen molar-refractivity contribution in [2.24, 2.45) is 17.3 Å². The van der Waals surface area contributed by atoms with E-state index in [-0.39, 0.29) is 11.9 Å². The number of aryl methyl sites for hydroxylation is 1. The molecule has 1 amide bonds. The van der Waals surface area contributed by atoms with Gasteiger partial charge in [-0.25, -0.2) is 0 Å². The molecule has 2 rings (SSSR count). The summed E-state index contributed by atoms with van der Waals surface area (Å²) in [5, 5.41) is 12.1. The maximum absolute atomic E-state index is 12.3. The molecule has 0 saturated heterocycles. The Hall–Kier alpha value is -1.84. The summed E-state index contributed by atoms with van der Waals surface area (Å²) in [4.78, 5) is 23.4. The fourth-order valence-electron chi connectivity index (χ4n) is 3.04. The molecular weight excluding hydrogens is 254 g/mol. The van der Waals surface area contributed by atoms with Crippen LogP contribution >= 0.6 is 0 Å². The molecule has 1 saturated carbocycles. The van der Waals surface area contributed by atoms with E-state index in [1.54, 1.807) is 0 Å². The van der Waals surface area contributed by atoms with Crippen LogP contribution in [0.1, 0.15) is 37.9 Å². The van der Waals surface area contributed by atoms with E-state index >= 15 is 0 Å². The lowest BCUT2D eigenvalue weighted by Gasteiger charge is -2.17. The van der Waals surface area contributed by atoms with E-state index in [1.165, 1.54) is 0 Å². The van der Waals surface area contributed by atoms with Crippen molar-refractivity contribution in [2.75, 3.05) is 0 Å². The van der Waals surface area contributed by atoms with Crippen molar-refractivity contribution in [1.82, 2.24) is 5.32 Å². The monoisotopic (exact) mass is 275 g/mol.